The summed E-state index contributed by atoms with van der Waals surface area (Å²) in [6.07, 6.45) is 3.68. The van der Waals surface area contributed by atoms with Crippen molar-refractivity contribution in [3.05, 3.63) is 12.4 Å². The lowest BCUT2D eigenvalue weighted by molar-refractivity contribution is 0.308. The molecule has 0 aromatic rings. The average Bonchev–Trinajstić information content (AvgIpc) is 2.10. The zero-order chi connectivity index (χ0) is 11.0. The van der Waals surface area contributed by atoms with Gasteiger partial charge in [0, 0.05) is 19.1 Å². The van der Waals surface area contributed by atoms with Gasteiger partial charge in [-0.25, -0.2) is 0 Å². The van der Waals surface area contributed by atoms with Gasteiger partial charge < -0.3 is 10.2 Å². The zero-order valence-electron chi connectivity index (χ0n) is 10.3. The summed E-state index contributed by atoms with van der Waals surface area (Å²) < 4.78 is 0. The van der Waals surface area contributed by atoms with Gasteiger partial charge in [-0.3, -0.25) is 0 Å². The van der Waals surface area contributed by atoms with Crippen molar-refractivity contribution in [3.63, 3.8) is 0 Å². The minimum Gasteiger partial charge on any atom is -0.370 e. The summed E-state index contributed by atoms with van der Waals surface area (Å²) in [5.41, 5.74) is 0. The highest BCUT2D eigenvalue weighted by molar-refractivity contribution is 4.92. The first-order valence-electron chi connectivity index (χ1n) is 5.82. The Bertz CT molecular complexity index is 152. The Kier molecular flexibility index (Phi) is 7.35. The van der Waals surface area contributed by atoms with Crippen LogP contribution in [-0.2, 0) is 0 Å². The van der Waals surface area contributed by atoms with Crippen LogP contribution in [0.3, 0.4) is 0 Å². The molecule has 0 saturated carbocycles. The molecule has 0 unspecified atom stereocenters. The van der Waals surface area contributed by atoms with Gasteiger partial charge in [0.1, 0.15) is 0 Å². The molecule has 1 N–H and O–H groups in total. The zero-order valence-corrected chi connectivity index (χ0v) is 10.3. The smallest absolute Gasteiger partial charge is 0.0940 e. The number of hydrogen-bond acceptors (Lipinski definition) is 2. The minimum absolute atomic E-state index is 0.475. The molecule has 0 radical (unpaired) electrons. The van der Waals surface area contributed by atoms with E-state index in [0.29, 0.717) is 6.04 Å². The van der Waals surface area contributed by atoms with Crippen molar-refractivity contribution in [2.45, 2.75) is 53.0 Å². The van der Waals surface area contributed by atoms with Crippen LogP contribution in [0.25, 0.3) is 0 Å². The third-order valence-corrected chi connectivity index (χ3v) is 2.11. The first-order chi connectivity index (χ1) is 6.61. The molecule has 0 aliphatic rings. The van der Waals surface area contributed by atoms with Crippen LogP contribution >= 0.6 is 0 Å². The van der Waals surface area contributed by atoms with Crippen LogP contribution in [0.2, 0.25) is 0 Å². The number of unbranched alkanes of at least 4 members (excludes halogenated alkanes) is 1. The summed E-state index contributed by atoms with van der Waals surface area (Å²) >= 11 is 0. The Morgan fingerprint density at radius 3 is 2.29 bits per heavy atom. The predicted molar refractivity (Wildman–Crippen MR) is 64.2 cm³/mol. The second kappa shape index (κ2) is 7.72. The van der Waals surface area contributed by atoms with Crippen molar-refractivity contribution in [2.75, 3.05) is 13.1 Å². The summed E-state index contributed by atoms with van der Waals surface area (Å²) in [7, 11) is 0. The topological polar surface area (TPSA) is 15.3 Å². The fraction of sp³-hybridized carbons (Fsp3) is 0.833. The minimum atomic E-state index is 0.475. The molecule has 0 bridgehead atoms. The van der Waals surface area contributed by atoms with Gasteiger partial charge in [0.25, 0.3) is 0 Å². The van der Waals surface area contributed by atoms with E-state index >= 15 is 0 Å². The van der Waals surface area contributed by atoms with Crippen LogP contribution in [0.1, 0.15) is 47.0 Å². The molecular weight excluding hydrogens is 172 g/mol. The van der Waals surface area contributed by atoms with Crippen LogP contribution < -0.4 is 5.32 Å². The second-order valence-corrected chi connectivity index (χ2v) is 4.09. The molecule has 0 heterocycles. The molecule has 0 amide bonds. The van der Waals surface area contributed by atoms with E-state index in [1.807, 2.05) is 0 Å². The first kappa shape index (κ1) is 13.3. The average molecular weight is 198 g/mol. The van der Waals surface area contributed by atoms with Crippen molar-refractivity contribution >= 4 is 0 Å². The molecule has 0 atom stereocenters. The number of rotatable bonds is 8. The van der Waals surface area contributed by atoms with Gasteiger partial charge in [-0.15, -0.1) is 0 Å². The van der Waals surface area contributed by atoms with Gasteiger partial charge in [0.2, 0.25) is 0 Å². The second-order valence-electron chi connectivity index (χ2n) is 4.09. The largest absolute Gasteiger partial charge is 0.370 e. The van der Waals surface area contributed by atoms with Crippen LogP contribution in [-0.4, -0.2) is 24.0 Å². The third kappa shape index (κ3) is 5.90. The Morgan fingerprint density at radius 1 is 1.21 bits per heavy atom. The van der Waals surface area contributed by atoms with Crippen molar-refractivity contribution in [1.82, 2.24) is 10.2 Å². The summed E-state index contributed by atoms with van der Waals surface area (Å²) in [6, 6.07) is 0.475. The van der Waals surface area contributed by atoms with E-state index in [2.05, 4.69) is 44.5 Å². The Morgan fingerprint density at radius 2 is 1.86 bits per heavy atom. The maximum absolute atomic E-state index is 4.08. The SMILES string of the molecule is C=C(NC(C)C)N(CCC)CCCC. The van der Waals surface area contributed by atoms with Gasteiger partial charge >= 0.3 is 0 Å². The highest BCUT2D eigenvalue weighted by Gasteiger charge is 2.06. The Balaban J connectivity index is 3.97. The lowest BCUT2D eigenvalue weighted by Crippen LogP contribution is -2.35. The molecule has 2 heteroatoms. The fourth-order valence-electron chi connectivity index (χ4n) is 1.43. The van der Waals surface area contributed by atoms with E-state index in [9.17, 15) is 0 Å². The third-order valence-electron chi connectivity index (χ3n) is 2.11. The highest BCUT2D eigenvalue weighted by Crippen LogP contribution is 2.03. The molecule has 0 aromatic heterocycles. The first-order valence-corrected chi connectivity index (χ1v) is 5.82. The van der Waals surface area contributed by atoms with E-state index in [-0.39, 0.29) is 0 Å². The number of hydrogen-bond donors (Lipinski definition) is 1. The van der Waals surface area contributed by atoms with Crippen molar-refractivity contribution in [2.24, 2.45) is 0 Å². The van der Waals surface area contributed by atoms with Crippen LogP contribution in [0.15, 0.2) is 12.4 Å². The van der Waals surface area contributed by atoms with Crippen molar-refractivity contribution in [1.29, 1.82) is 0 Å². The standard InChI is InChI=1S/C12H26N2/c1-6-8-10-14(9-7-2)12(5)13-11(3)4/h11,13H,5-10H2,1-4H3. The fourth-order valence-corrected chi connectivity index (χ4v) is 1.43. The number of nitrogens with zero attached hydrogens (tertiary/aromatic N) is 1. The van der Waals surface area contributed by atoms with Crippen LogP contribution in [0, 0.1) is 0 Å². The van der Waals surface area contributed by atoms with Crippen molar-refractivity contribution in [3.8, 4) is 0 Å². The normalized spacial score (nSPS) is 10.4. The molecule has 84 valence electrons. The lowest BCUT2D eigenvalue weighted by atomic mass is 10.3. The van der Waals surface area contributed by atoms with E-state index in [1.165, 1.54) is 19.3 Å². The molecule has 0 aromatic carbocycles. The van der Waals surface area contributed by atoms with Gasteiger partial charge in [0.05, 0.1) is 5.82 Å². The molecule has 0 aliphatic carbocycles. The van der Waals surface area contributed by atoms with Gasteiger partial charge in [-0.05, 0) is 26.7 Å². The van der Waals surface area contributed by atoms with Crippen molar-refractivity contribution < 1.29 is 0 Å². The van der Waals surface area contributed by atoms with E-state index < -0.39 is 0 Å². The van der Waals surface area contributed by atoms with Gasteiger partial charge in [-0.2, -0.15) is 0 Å². The van der Waals surface area contributed by atoms with E-state index in [4.69, 9.17) is 0 Å². The summed E-state index contributed by atoms with van der Waals surface area (Å²) in [6.45, 7) is 15.0. The molecule has 0 rings (SSSR count). The molecule has 14 heavy (non-hydrogen) atoms. The Labute approximate surface area is 89.4 Å². The van der Waals surface area contributed by atoms with Crippen LogP contribution in [0.4, 0.5) is 0 Å². The molecule has 2 nitrogen and oxygen atoms in total. The number of nitrogens with one attached hydrogen (secondary N) is 1. The molecule has 0 saturated heterocycles. The maximum Gasteiger partial charge on any atom is 0.0940 e. The molecule has 0 fully saturated rings. The summed E-state index contributed by atoms with van der Waals surface area (Å²) in [5, 5.41) is 3.37. The monoisotopic (exact) mass is 198 g/mol. The van der Waals surface area contributed by atoms with Gasteiger partial charge in [-0.1, -0.05) is 26.8 Å². The van der Waals surface area contributed by atoms with E-state index in [1.54, 1.807) is 0 Å². The Hall–Kier alpha value is -0.660. The summed E-state index contributed by atoms with van der Waals surface area (Å²) in [4.78, 5) is 2.35. The highest BCUT2D eigenvalue weighted by atomic mass is 15.2. The van der Waals surface area contributed by atoms with Gasteiger partial charge in [0.15, 0.2) is 0 Å². The van der Waals surface area contributed by atoms with Crippen LogP contribution in [0.5, 0.6) is 0 Å². The lowest BCUT2D eigenvalue weighted by Gasteiger charge is -2.28. The molecular formula is C12H26N2. The predicted octanol–water partition coefficient (Wildman–Crippen LogP) is 2.97. The van der Waals surface area contributed by atoms with E-state index in [0.717, 1.165) is 18.9 Å². The molecule has 0 spiro atoms. The summed E-state index contributed by atoms with van der Waals surface area (Å²) in [5.74, 6) is 1.08. The molecule has 0 aliphatic heterocycles. The quantitative estimate of drug-likeness (QED) is 0.645. The maximum atomic E-state index is 4.08.